The molecular weight excluding hydrogens is 1020 g/mol. The summed E-state index contributed by atoms with van der Waals surface area (Å²) in [5, 5.41) is 10.9. The van der Waals surface area contributed by atoms with Crippen LogP contribution in [-0.4, -0.2) is 195 Å². The minimum Gasteiger partial charge on any atom is -0.461 e. The van der Waals surface area contributed by atoms with Gasteiger partial charge in [-0.25, -0.2) is 14.6 Å². The Balaban J connectivity index is 1.39. The third-order valence-corrected chi connectivity index (χ3v) is 15.4. The van der Waals surface area contributed by atoms with E-state index in [-0.39, 0.29) is 22.8 Å². The van der Waals surface area contributed by atoms with E-state index in [1.165, 1.54) is 54.4 Å². The van der Waals surface area contributed by atoms with Crippen molar-refractivity contribution in [3.05, 3.63) is 78.2 Å². The zero-order valence-corrected chi connectivity index (χ0v) is 45.4. The van der Waals surface area contributed by atoms with Crippen molar-refractivity contribution in [3.63, 3.8) is 0 Å². The van der Waals surface area contributed by atoms with Crippen LogP contribution >= 0.6 is 21.6 Å². The van der Waals surface area contributed by atoms with Crippen LogP contribution in [0.5, 0.6) is 0 Å². The third-order valence-electron chi connectivity index (χ3n) is 13.0. The van der Waals surface area contributed by atoms with E-state index >= 15 is 0 Å². The number of ether oxygens (including phenoxy) is 2. The van der Waals surface area contributed by atoms with Gasteiger partial charge in [0.15, 0.2) is 0 Å². The predicted octanol–water partition coefficient (Wildman–Crippen LogP) is 1.20. The Morgan fingerprint density at radius 3 is 1.51 bits per heavy atom. The number of pyridine rings is 1. The lowest BCUT2D eigenvalue weighted by Crippen LogP contribution is -2.60. The molecule has 4 aromatic rings. The second-order valence-electron chi connectivity index (χ2n) is 19.2. The van der Waals surface area contributed by atoms with E-state index in [4.69, 9.17) is 9.47 Å². The predicted molar refractivity (Wildman–Crippen MR) is 282 cm³/mol. The molecule has 0 aliphatic carbocycles. The second-order valence-corrected chi connectivity index (χ2v) is 21.8. The molecule has 2 aliphatic rings. The van der Waals surface area contributed by atoms with Crippen LogP contribution in [0.2, 0.25) is 0 Å². The lowest BCUT2D eigenvalue weighted by atomic mass is 10.0. The van der Waals surface area contributed by atoms with Crippen LogP contribution in [-0.2, 0) is 47.8 Å². The third kappa shape index (κ3) is 13.5. The standard InChI is InChI=1S/C51H63N11O12S2/c1-26(2)40-50(71)73-22-36(57-42(63)31-19-30-15-11-12-16-32(30)52-20-31)44(65)54-28(5)46(67)59(7)38-24-75-76-25-39(48(69)61(40)9)60(8)47(68)29(6)55-45(66)37(23-74-51(72)41(27(3)4)62(10)49(38)70)58-43(64)35-21-53-33-17-13-14-18-34(33)56-35/h11-21,26-29,36-41H,22-25H2,1-10H3,(H,54,65)(H,55,66)(H,57,63)(H,58,64)/t28-,29-,36-,37+,38+,39-,40+,41+/m1/s1. The fourth-order valence-electron chi connectivity index (χ4n) is 8.69. The molecule has 406 valence electrons. The molecule has 0 spiro atoms. The summed E-state index contributed by atoms with van der Waals surface area (Å²) in [4.78, 5) is 160. The normalized spacial score (nSPS) is 24.7. The van der Waals surface area contributed by atoms with Gasteiger partial charge in [-0.15, -0.1) is 0 Å². The van der Waals surface area contributed by atoms with E-state index in [1.807, 2.05) is 0 Å². The first-order valence-corrected chi connectivity index (χ1v) is 26.9. The number of benzene rings is 2. The number of rotatable bonds is 6. The first-order chi connectivity index (χ1) is 36.0. The Morgan fingerprint density at radius 2 is 1.03 bits per heavy atom. The van der Waals surface area contributed by atoms with E-state index in [0.717, 1.165) is 41.2 Å². The number of para-hydroxylation sites is 3. The van der Waals surface area contributed by atoms with Crippen molar-refractivity contribution in [2.45, 2.75) is 89.9 Å². The molecule has 6 rings (SSSR count). The van der Waals surface area contributed by atoms with E-state index in [2.05, 4.69) is 36.2 Å². The first-order valence-electron chi connectivity index (χ1n) is 24.4. The van der Waals surface area contributed by atoms with Crippen molar-refractivity contribution in [2.75, 3.05) is 52.9 Å². The number of aromatic nitrogens is 3. The molecule has 23 nitrogen and oxygen atoms in total. The van der Waals surface area contributed by atoms with Crippen molar-refractivity contribution < 1.29 is 57.4 Å². The Bertz CT molecular complexity index is 2700. The van der Waals surface area contributed by atoms with Crippen molar-refractivity contribution >= 4 is 103 Å². The molecule has 4 N–H and O–H groups in total. The molecule has 0 unspecified atom stereocenters. The topological polar surface area (TPSA) is 289 Å². The molecule has 2 aromatic heterocycles. The van der Waals surface area contributed by atoms with Gasteiger partial charge < -0.3 is 50.3 Å². The molecule has 8 atom stereocenters. The van der Waals surface area contributed by atoms with Crippen LogP contribution < -0.4 is 21.3 Å². The molecule has 4 heterocycles. The number of nitrogens with one attached hydrogen (secondary N) is 4. The minimum absolute atomic E-state index is 0.0689. The summed E-state index contributed by atoms with van der Waals surface area (Å²) in [5.41, 5.74) is 1.37. The van der Waals surface area contributed by atoms with Gasteiger partial charge in [-0.2, -0.15) is 0 Å². The summed E-state index contributed by atoms with van der Waals surface area (Å²) in [7, 11) is 7.52. The summed E-state index contributed by atoms with van der Waals surface area (Å²) < 4.78 is 11.5. The maximum Gasteiger partial charge on any atom is 0.329 e. The van der Waals surface area contributed by atoms with E-state index in [9.17, 15) is 47.9 Å². The van der Waals surface area contributed by atoms with E-state index in [0.29, 0.717) is 21.9 Å². The fourth-order valence-corrected chi connectivity index (χ4v) is 11.2. The average molecular weight is 1090 g/mol. The molecule has 0 radical (unpaired) electrons. The summed E-state index contributed by atoms with van der Waals surface area (Å²) in [6, 6.07) is 4.04. The monoisotopic (exact) mass is 1090 g/mol. The molecule has 76 heavy (non-hydrogen) atoms. The molecule has 8 amide bonds. The van der Waals surface area contributed by atoms with Crippen molar-refractivity contribution in [1.29, 1.82) is 0 Å². The Kier molecular flexibility index (Phi) is 19.4. The van der Waals surface area contributed by atoms with Gasteiger partial charge in [-0.05, 0) is 49.9 Å². The first kappa shape index (κ1) is 57.9. The second kappa shape index (κ2) is 25.4. The molecule has 0 saturated carbocycles. The van der Waals surface area contributed by atoms with Crippen LogP contribution in [0, 0.1) is 11.8 Å². The molecule has 25 heteroatoms. The molecular formula is C51H63N11O12S2. The molecule has 2 fully saturated rings. The number of carbonyl (C=O) groups excluding carboxylic acids is 10. The number of cyclic esters (lactones) is 2. The van der Waals surface area contributed by atoms with E-state index in [1.54, 1.807) is 82.3 Å². The van der Waals surface area contributed by atoms with E-state index < -0.39 is 133 Å². The van der Waals surface area contributed by atoms with Gasteiger partial charge in [0, 0.05) is 51.3 Å². The highest BCUT2D eigenvalue weighted by Crippen LogP contribution is 2.29. The van der Waals surface area contributed by atoms with Crippen molar-refractivity contribution in [2.24, 2.45) is 11.8 Å². The highest BCUT2D eigenvalue weighted by molar-refractivity contribution is 8.76. The Hall–Kier alpha value is -7.41. The summed E-state index contributed by atoms with van der Waals surface area (Å²) in [6.07, 6.45) is 2.52. The van der Waals surface area contributed by atoms with Gasteiger partial charge >= 0.3 is 11.9 Å². The fraction of sp³-hybridized carbons (Fsp3) is 0.471. The van der Waals surface area contributed by atoms with Crippen LogP contribution in [0.1, 0.15) is 62.4 Å². The number of hydrogen-bond acceptors (Lipinski definition) is 17. The Labute approximate surface area is 447 Å². The highest BCUT2D eigenvalue weighted by atomic mass is 33.1. The van der Waals surface area contributed by atoms with Gasteiger partial charge in [0.05, 0.1) is 28.3 Å². The summed E-state index contributed by atoms with van der Waals surface area (Å²) in [5.74, 6) is -10.0. The van der Waals surface area contributed by atoms with Crippen molar-refractivity contribution in [3.8, 4) is 0 Å². The molecule has 2 bridgehead atoms. The minimum atomic E-state index is -1.65. The number of amides is 8. The van der Waals surface area contributed by atoms with Crippen LogP contribution in [0.25, 0.3) is 21.9 Å². The lowest BCUT2D eigenvalue weighted by Gasteiger charge is -2.37. The van der Waals surface area contributed by atoms with Gasteiger partial charge in [0.1, 0.15) is 67.2 Å². The number of esters is 2. The number of nitrogens with zero attached hydrogens (tertiary/aromatic N) is 7. The lowest BCUT2D eigenvalue weighted by molar-refractivity contribution is -0.160. The van der Waals surface area contributed by atoms with Crippen LogP contribution in [0.3, 0.4) is 0 Å². The Morgan fingerprint density at radius 1 is 0.592 bits per heavy atom. The van der Waals surface area contributed by atoms with Crippen LogP contribution in [0.4, 0.5) is 0 Å². The largest absolute Gasteiger partial charge is 0.461 e. The molecule has 2 aliphatic heterocycles. The maximum absolute atomic E-state index is 14.8. The zero-order chi connectivity index (χ0) is 55.7. The number of fused-ring (bicyclic) bond motifs is 7. The number of hydrogen-bond donors (Lipinski definition) is 4. The smallest absolute Gasteiger partial charge is 0.329 e. The molecule has 2 aromatic carbocycles. The summed E-state index contributed by atoms with van der Waals surface area (Å²) in [6.45, 7) is 7.78. The zero-order valence-electron chi connectivity index (χ0n) is 43.8. The number of carbonyl (C=O) groups is 10. The maximum atomic E-state index is 14.8. The van der Waals surface area contributed by atoms with Gasteiger partial charge in [-0.1, -0.05) is 79.6 Å². The van der Waals surface area contributed by atoms with Crippen LogP contribution in [0.15, 0.2) is 67.0 Å². The SMILES string of the molecule is CC(C)[C@H]1C(=O)OC[C@@H](NC(=O)c2cnc3ccccc3c2)C(=O)N[C@H](C)C(=O)N(C)[C@H]2CSSC[C@H](C(=O)N1C)N(C)C(=O)[C@@H](C)NC(=O)[C@@H](NC(=O)c1cnc3ccccc3n1)COC(=O)[C@H](C(C)C)N(C)C2=O. The number of likely N-dealkylation sites (N-methyl/N-ethyl adjacent to an activating group) is 4. The quantitative estimate of drug-likeness (QED) is 0.156. The molecule has 2 saturated heterocycles. The van der Waals surface area contributed by atoms with Gasteiger partial charge in [0.2, 0.25) is 35.4 Å². The van der Waals surface area contributed by atoms with Gasteiger partial charge in [0.25, 0.3) is 11.8 Å². The summed E-state index contributed by atoms with van der Waals surface area (Å²) >= 11 is 0. The van der Waals surface area contributed by atoms with Crippen molar-refractivity contribution in [1.82, 2.24) is 55.8 Å². The average Bonchev–Trinajstić information content (AvgIpc) is 3.39. The highest BCUT2D eigenvalue weighted by Gasteiger charge is 2.42. The van der Waals surface area contributed by atoms with Gasteiger partial charge in [-0.3, -0.25) is 48.3 Å².